The molecule has 1 rings (SSSR count). The Kier molecular flexibility index (Phi) is 8.57. The average molecular weight is 366 g/mol. The Bertz CT molecular complexity index is 603. The second-order valence-corrected chi connectivity index (χ2v) is 6.18. The average Bonchev–Trinajstić information content (AvgIpc) is 2.61. The molecule has 0 heterocycles. The molecular weight excluding hydrogens is 340 g/mol. The van der Waals surface area contributed by atoms with Crippen molar-refractivity contribution in [1.82, 2.24) is 10.6 Å². The normalized spacial score (nSPS) is 14.1. The second kappa shape index (κ2) is 10.4. The molecule has 0 fully saturated rings. The third kappa shape index (κ3) is 6.72. The number of ether oxygens (including phenoxy) is 2. The zero-order chi connectivity index (χ0) is 19.7. The predicted molar refractivity (Wildman–Crippen MR) is 94.0 cm³/mol. The largest absolute Gasteiger partial charge is 0.467 e. The standard InChI is InChI=1S/C18H26N2O6/c1-11(2)14(17(23)25-4)19-16(22)15(12(3)21)20-18(24)26-10-13-8-6-5-7-9-13/h5-9,11-12,14-15,21H,10H2,1-4H3,(H,19,22)(H,20,24)/t12-,14-,15+/m1/s1. The van der Waals surface area contributed by atoms with Crippen molar-refractivity contribution in [2.45, 2.75) is 45.6 Å². The summed E-state index contributed by atoms with van der Waals surface area (Å²) >= 11 is 0. The molecule has 8 nitrogen and oxygen atoms in total. The summed E-state index contributed by atoms with van der Waals surface area (Å²) in [6, 6.07) is 6.86. The maximum Gasteiger partial charge on any atom is 0.408 e. The number of carbonyl (C=O) groups is 3. The number of amides is 2. The summed E-state index contributed by atoms with van der Waals surface area (Å²) in [6.45, 7) is 4.85. The van der Waals surface area contributed by atoms with Crippen molar-refractivity contribution in [3.63, 3.8) is 0 Å². The summed E-state index contributed by atoms with van der Waals surface area (Å²) in [5, 5.41) is 14.6. The van der Waals surface area contributed by atoms with Gasteiger partial charge < -0.3 is 25.2 Å². The van der Waals surface area contributed by atoms with Gasteiger partial charge in [-0.25, -0.2) is 9.59 Å². The van der Waals surface area contributed by atoms with Crippen LogP contribution < -0.4 is 10.6 Å². The van der Waals surface area contributed by atoms with E-state index in [0.717, 1.165) is 5.56 Å². The van der Waals surface area contributed by atoms with E-state index in [1.807, 2.05) is 18.2 Å². The Morgan fingerprint density at radius 2 is 1.65 bits per heavy atom. The zero-order valence-electron chi connectivity index (χ0n) is 15.4. The Morgan fingerprint density at radius 1 is 1.04 bits per heavy atom. The van der Waals surface area contributed by atoms with Gasteiger partial charge in [-0.2, -0.15) is 0 Å². The number of benzene rings is 1. The summed E-state index contributed by atoms with van der Waals surface area (Å²) in [4.78, 5) is 36.1. The molecule has 0 saturated heterocycles. The van der Waals surface area contributed by atoms with Crippen LogP contribution in [0.25, 0.3) is 0 Å². The quantitative estimate of drug-likeness (QED) is 0.591. The van der Waals surface area contributed by atoms with E-state index in [1.165, 1.54) is 14.0 Å². The molecule has 0 saturated carbocycles. The van der Waals surface area contributed by atoms with Crippen LogP contribution >= 0.6 is 0 Å². The Hall–Kier alpha value is -2.61. The molecule has 3 atom stereocenters. The molecule has 0 bridgehead atoms. The highest BCUT2D eigenvalue weighted by molar-refractivity contribution is 5.90. The summed E-state index contributed by atoms with van der Waals surface area (Å²) in [5.74, 6) is -1.55. The molecule has 144 valence electrons. The number of hydrogen-bond donors (Lipinski definition) is 3. The van der Waals surface area contributed by atoms with Gasteiger partial charge in [-0.15, -0.1) is 0 Å². The topological polar surface area (TPSA) is 114 Å². The van der Waals surface area contributed by atoms with Gasteiger partial charge in [0.05, 0.1) is 13.2 Å². The molecule has 26 heavy (non-hydrogen) atoms. The number of hydrogen-bond acceptors (Lipinski definition) is 6. The van der Waals surface area contributed by atoms with Crippen molar-refractivity contribution in [2.24, 2.45) is 5.92 Å². The lowest BCUT2D eigenvalue weighted by Crippen LogP contribution is -2.57. The van der Waals surface area contributed by atoms with Gasteiger partial charge in [0.15, 0.2) is 0 Å². The van der Waals surface area contributed by atoms with Gasteiger partial charge >= 0.3 is 12.1 Å². The Morgan fingerprint density at radius 3 is 2.15 bits per heavy atom. The van der Waals surface area contributed by atoms with Crippen molar-refractivity contribution in [3.8, 4) is 0 Å². The molecule has 0 aliphatic carbocycles. The fraction of sp³-hybridized carbons (Fsp3) is 0.500. The van der Waals surface area contributed by atoms with E-state index < -0.39 is 36.2 Å². The number of carbonyl (C=O) groups excluding carboxylic acids is 3. The Balaban J connectivity index is 2.67. The lowest BCUT2D eigenvalue weighted by Gasteiger charge is -2.25. The molecule has 8 heteroatoms. The monoisotopic (exact) mass is 366 g/mol. The van der Waals surface area contributed by atoms with Crippen LogP contribution in [0.5, 0.6) is 0 Å². The van der Waals surface area contributed by atoms with Gasteiger partial charge in [0.2, 0.25) is 5.91 Å². The Labute approximate surface area is 152 Å². The summed E-state index contributed by atoms with van der Waals surface area (Å²) < 4.78 is 9.70. The molecule has 3 N–H and O–H groups in total. The van der Waals surface area contributed by atoms with Crippen LogP contribution in [0.15, 0.2) is 30.3 Å². The van der Waals surface area contributed by atoms with E-state index in [0.29, 0.717) is 0 Å². The molecule has 0 aliphatic heterocycles. The predicted octanol–water partition coefficient (Wildman–Crippen LogP) is 0.976. The van der Waals surface area contributed by atoms with Crippen LogP contribution in [0.4, 0.5) is 4.79 Å². The van der Waals surface area contributed by atoms with Crippen LogP contribution in [0.2, 0.25) is 0 Å². The number of aliphatic hydroxyl groups is 1. The molecular formula is C18H26N2O6. The van der Waals surface area contributed by atoms with Crippen molar-refractivity contribution in [1.29, 1.82) is 0 Å². The number of alkyl carbamates (subject to hydrolysis) is 1. The third-order valence-electron chi connectivity index (χ3n) is 3.67. The van der Waals surface area contributed by atoms with E-state index in [2.05, 4.69) is 15.4 Å². The van der Waals surface area contributed by atoms with Crippen LogP contribution in [-0.4, -0.2) is 48.4 Å². The highest BCUT2D eigenvalue weighted by atomic mass is 16.5. The number of rotatable bonds is 8. The second-order valence-electron chi connectivity index (χ2n) is 6.18. The fourth-order valence-corrected chi connectivity index (χ4v) is 2.16. The minimum atomic E-state index is -1.27. The molecule has 1 aromatic carbocycles. The van der Waals surface area contributed by atoms with Gasteiger partial charge in [0.25, 0.3) is 0 Å². The molecule has 0 unspecified atom stereocenters. The molecule has 1 aromatic rings. The minimum Gasteiger partial charge on any atom is -0.467 e. The SMILES string of the molecule is COC(=O)[C@H](NC(=O)[C@@H](NC(=O)OCc1ccccc1)[C@@H](C)O)C(C)C. The summed E-state index contributed by atoms with van der Waals surface area (Å²) in [6.07, 6.45) is -2.04. The summed E-state index contributed by atoms with van der Waals surface area (Å²) in [7, 11) is 1.22. The maximum atomic E-state index is 12.4. The van der Waals surface area contributed by atoms with E-state index >= 15 is 0 Å². The smallest absolute Gasteiger partial charge is 0.408 e. The molecule has 0 aliphatic rings. The molecule has 0 aromatic heterocycles. The van der Waals surface area contributed by atoms with Gasteiger partial charge in [-0.05, 0) is 18.4 Å². The van der Waals surface area contributed by atoms with E-state index in [4.69, 9.17) is 4.74 Å². The first-order valence-corrected chi connectivity index (χ1v) is 8.29. The number of methoxy groups -OCH3 is 1. The third-order valence-corrected chi connectivity index (χ3v) is 3.67. The lowest BCUT2D eigenvalue weighted by molar-refractivity contribution is -0.147. The highest BCUT2D eigenvalue weighted by Crippen LogP contribution is 2.06. The molecule has 0 radical (unpaired) electrons. The first-order chi connectivity index (χ1) is 12.3. The van der Waals surface area contributed by atoms with E-state index in [1.54, 1.807) is 26.0 Å². The van der Waals surface area contributed by atoms with Crippen molar-refractivity contribution in [2.75, 3.05) is 7.11 Å². The number of esters is 1. The van der Waals surface area contributed by atoms with Crippen LogP contribution in [0, 0.1) is 5.92 Å². The van der Waals surface area contributed by atoms with Gasteiger partial charge in [0, 0.05) is 0 Å². The fourth-order valence-electron chi connectivity index (χ4n) is 2.16. The first kappa shape index (κ1) is 21.4. The van der Waals surface area contributed by atoms with Gasteiger partial charge in [0.1, 0.15) is 18.7 Å². The van der Waals surface area contributed by atoms with Crippen molar-refractivity contribution >= 4 is 18.0 Å². The molecule has 2 amide bonds. The van der Waals surface area contributed by atoms with E-state index in [-0.39, 0.29) is 12.5 Å². The van der Waals surface area contributed by atoms with Crippen molar-refractivity contribution < 1.29 is 29.0 Å². The maximum absolute atomic E-state index is 12.4. The number of aliphatic hydroxyl groups excluding tert-OH is 1. The van der Waals surface area contributed by atoms with Gasteiger partial charge in [-0.1, -0.05) is 44.2 Å². The van der Waals surface area contributed by atoms with E-state index in [9.17, 15) is 19.5 Å². The van der Waals surface area contributed by atoms with Crippen LogP contribution in [0.1, 0.15) is 26.3 Å². The van der Waals surface area contributed by atoms with Crippen molar-refractivity contribution in [3.05, 3.63) is 35.9 Å². The first-order valence-electron chi connectivity index (χ1n) is 8.29. The minimum absolute atomic E-state index is 0.0254. The summed E-state index contributed by atoms with van der Waals surface area (Å²) in [5.41, 5.74) is 0.784. The lowest BCUT2D eigenvalue weighted by atomic mass is 10.0. The highest BCUT2D eigenvalue weighted by Gasteiger charge is 2.31. The number of nitrogens with one attached hydrogen (secondary N) is 2. The zero-order valence-corrected chi connectivity index (χ0v) is 15.4. The van der Waals surface area contributed by atoms with Crippen LogP contribution in [-0.2, 0) is 25.7 Å². The van der Waals surface area contributed by atoms with Gasteiger partial charge in [-0.3, -0.25) is 4.79 Å². The molecule has 0 spiro atoms. The van der Waals surface area contributed by atoms with Crippen LogP contribution in [0.3, 0.4) is 0 Å².